The number of hydrogen-bond donors (Lipinski definition) is 1. The predicted octanol–water partition coefficient (Wildman–Crippen LogP) is 1.87. The fraction of sp³-hybridized carbons (Fsp3) is 0.400. The first kappa shape index (κ1) is 12.4. The minimum atomic E-state index is -0.942. The van der Waals surface area contributed by atoms with E-state index in [1.165, 1.54) is 13.8 Å². The van der Waals surface area contributed by atoms with Crippen LogP contribution in [0.2, 0.25) is 0 Å². The van der Waals surface area contributed by atoms with Gasteiger partial charge in [0.25, 0.3) is 0 Å². The first-order valence-corrected chi connectivity index (χ1v) is 4.19. The number of ether oxygens (including phenoxy) is 1. The quantitative estimate of drug-likeness (QED) is 0.416. The van der Waals surface area contributed by atoms with Gasteiger partial charge in [-0.15, -0.1) is 0 Å². The molecule has 0 aromatic rings. The van der Waals surface area contributed by atoms with Gasteiger partial charge in [-0.1, -0.05) is 12.7 Å². The highest BCUT2D eigenvalue weighted by molar-refractivity contribution is 5.85. The highest BCUT2D eigenvalue weighted by Crippen LogP contribution is 2.07. The third kappa shape index (κ3) is 5.99. The Bertz CT molecular complexity index is 276. The molecular formula is C10H14O4. The third-order valence-electron chi connectivity index (χ3n) is 1.50. The van der Waals surface area contributed by atoms with Crippen molar-refractivity contribution in [3.05, 3.63) is 24.0 Å². The predicted molar refractivity (Wildman–Crippen MR) is 51.5 cm³/mol. The van der Waals surface area contributed by atoms with Gasteiger partial charge >= 0.3 is 11.9 Å². The first-order chi connectivity index (χ1) is 6.43. The number of carboxylic acid groups (broad SMARTS) is 1. The second kappa shape index (κ2) is 5.96. The number of aliphatic carboxylic acids is 1. The molecule has 0 heterocycles. The van der Waals surface area contributed by atoms with Crippen LogP contribution in [0.1, 0.15) is 26.7 Å². The SMILES string of the molecule is C=C(CCC=C(C)C(=O)O)OC(C)=O. The van der Waals surface area contributed by atoms with Crippen LogP contribution in [0.5, 0.6) is 0 Å². The van der Waals surface area contributed by atoms with Crippen molar-refractivity contribution in [1.29, 1.82) is 0 Å². The average Bonchev–Trinajstić information content (AvgIpc) is 2.02. The lowest BCUT2D eigenvalue weighted by Crippen LogP contribution is -1.98. The highest BCUT2D eigenvalue weighted by Gasteiger charge is 2.00. The lowest BCUT2D eigenvalue weighted by atomic mass is 10.2. The molecule has 4 heteroatoms. The van der Waals surface area contributed by atoms with Crippen molar-refractivity contribution >= 4 is 11.9 Å². The molecule has 78 valence electrons. The van der Waals surface area contributed by atoms with Crippen molar-refractivity contribution in [2.75, 3.05) is 0 Å². The first-order valence-electron chi connectivity index (χ1n) is 4.19. The highest BCUT2D eigenvalue weighted by atomic mass is 16.5. The number of carboxylic acids is 1. The molecule has 0 amide bonds. The lowest BCUT2D eigenvalue weighted by Gasteiger charge is -2.02. The van der Waals surface area contributed by atoms with Crippen LogP contribution >= 0.6 is 0 Å². The van der Waals surface area contributed by atoms with Crippen molar-refractivity contribution < 1.29 is 19.4 Å². The van der Waals surface area contributed by atoms with Crippen LogP contribution in [-0.4, -0.2) is 17.0 Å². The Hall–Kier alpha value is -1.58. The van der Waals surface area contributed by atoms with E-state index in [-0.39, 0.29) is 5.57 Å². The largest absolute Gasteiger partial charge is 0.478 e. The molecule has 0 aliphatic carbocycles. The maximum Gasteiger partial charge on any atom is 0.330 e. The maximum absolute atomic E-state index is 10.5. The second-order valence-electron chi connectivity index (χ2n) is 2.86. The van der Waals surface area contributed by atoms with E-state index in [2.05, 4.69) is 11.3 Å². The minimum absolute atomic E-state index is 0.278. The Morgan fingerprint density at radius 2 is 2.00 bits per heavy atom. The van der Waals surface area contributed by atoms with Gasteiger partial charge in [-0.2, -0.15) is 0 Å². The van der Waals surface area contributed by atoms with Crippen LogP contribution in [0.15, 0.2) is 24.0 Å². The molecule has 0 saturated carbocycles. The van der Waals surface area contributed by atoms with Gasteiger partial charge in [-0.05, 0) is 13.3 Å². The Morgan fingerprint density at radius 3 is 2.43 bits per heavy atom. The van der Waals surface area contributed by atoms with E-state index in [0.717, 1.165) is 0 Å². The summed E-state index contributed by atoms with van der Waals surface area (Å²) in [6.45, 7) is 6.32. The number of hydrogen-bond acceptors (Lipinski definition) is 3. The van der Waals surface area contributed by atoms with E-state index in [1.54, 1.807) is 6.08 Å². The molecule has 0 atom stereocenters. The molecule has 4 nitrogen and oxygen atoms in total. The van der Waals surface area contributed by atoms with Crippen LogP contribution in [0, 0.1) is 0 Å². The number of esters is 1. The molecule has 1 N–H and O–H groups in total. The molecule has 0 aromatic heterocycles. The van der Waals surface area contributed by atoms with Crippen LogP contribution in [0.4, 0.5) is 0 Å². The summed E-state index contributed by atoms with van der Waals surface area (Å²) in [5.41, 5.74) is 0.278. The van der Waals surface area contributed by atoms with Gasteiger partial charge in [0.15, 0.2) is 0 Å². The molecule has 0 unspecified atom stereocenters. The number of carbonyl (C=O) groups excluding carboxylic acids is 1. The average molecular weight is 198 g/mol. The molecule has 0 fully saturated rings. The van der Waals surface area contributed by atoms with E-state index in [9.17, 15) is 9.59 Å². The zero-order chi connectivity index (χ0) is 11.1. The second-order valence-corrected chi connectivity index (χ2v) is 2.86. The molecule has 0 saturated heterocycles. The van der Waals surface area contributed by atoms with Gasteiger partial charge in [0, 0.05) is 18.9 Å². The third-order valence-corrected chi connectivity index (χ3v) is 1.50. The molecule has 0 aromatic carbocycles. The fourth-order valence-corrected chi connectivity index (χ4v) is 0.791. The van der Waals surface area contributed by atoms with Crippen molar-refractivity contribution in [2.24, 2.45) is 0 Å². The van der Waals surface area contributed by atoms with E-state index in [0.29, 0.717) is 18.6 Å². The van der Waals surface area contributed by atoms with E-state index < -0.39 is 11.9 Å². The summed E-state index contributed by atoms with van der Waals surface area (Å²) in [6.07, 6.45) is 2.52. The van der Waals surface area contributed by atoms with Gasteiger partial charge in [0.1, 0.15) is 5.76 Å². The van der Waals surface area contributed by atoms with Crippen LogP contribution < -0.4 is 0 Å². The van der Waals surface area contributed by atoms with Crippen LogP contribution in [-0.2, 0) is 14.3 Å². The van der Waals surface area contributed by atoms with Gasteiger partial charge < -0.3 is 9.84 Å². The Labute approximate surface area is 82.9 Å². The molecule has 0 radical (unpaired) electrons. The standard InChI is InChI=1S/C10H14O4/c1-7(10(12)13)5-4-6-8(2)14-9(3)11/h5H,2,4,6H2,1,3H3,(H,12,13). The van der Waals surface area contributed by atoms with Crippen molar-refractivity contribution in [1.82, 2.24) is 0 Å². The molecule has 0 bridgehead atoms. The van der Waals surface area contributed by atoms with Crippen molar-refractivity contribution in [3.8, 4) is 0 Å². The molecule has 0 rings (SSSR count). The number of rotatable bonds is 5. The molecule has 14 heavy (non-hydrogen) atoms. The Kier molecular flexibility index (Phi) is 5.29. The summed E-state index contributed by atoms with van der Waals surface area (Å²) in [5, 5.41) is 8.52. The molecular weight excluding hydrogens is 184 g/mol. The van der Waals surface area contributed by atoms with Gasteiger partial charge in [0.2, 0.25) is 0 Å². The molecule has 0 aliphatic heterocycles. The summed E-state index contributed by atoms with van der Waals surface area (Å²) < 4.78 is 4.68. The van der Waals surface area contributed by atoms with E-state index in [4.69, 9.17) is 5.11 Å². The Morgan fingerprint density at radius 1 is 1.43 bits per heavy atom. The number of carbonyl (C=O) groups is 2. The molecule has 0 aliphatic rings. The zero-order valence-corrected chi connectivity index (χ0v) is 8.37. The smallest absolute Gasteiger partial charge is 0.330 e. The summed E-state index contributed by atoms with van der Waals surface area (Å²) in [7, 11) is 0. The number of allylic oxidation sites excluding steroid dienone is 2. The summed E-state index contributed by atoms with van der Waals surface area (Å²) in [4.78, 5) is 20.8. The maximum atomic E-state index is 10.5. The van der Waals surface area contributed by atoms with E-state index in [1.807, 2.05) is 0 Å². The summed E-state index contributed by atoms with van der Waals surface area (Å²) >= 11 is 0. The monoisotopic (exact) mass is 198 g/mol. The van der Waals surface area contributed by atoms with Gasteiger partial charge in [0.05, 0.1) is 0 Å². The van der Waals surface area contributed by atoms with Crippen molar-refractivity contribution in [2.45, 2.75) is 26.7 Å². The molecule has 0 spiro atoms. The van der Waals surface area contributed by atoms with Crippen LogP contribution in [0.3, 0.4) is 0 Å². The van der Waals surface area contributed by atoms with Crippen molar-refractivity contribution in [3.63, 3.8) is 0 Å². The zero-order valence-electron chi connectivity index (χ0n) is 8.37. The van der Waals surface area contributed by atoms with Gasteiger partial charge in [-0.3, -0.25) is 4.79 Å². The summed E-state index contributed by atoms with van der Waals surface area (Å²) in [5.74, 6) is -0.996. The topological polar surface area (TPSA) is 63.6 Å². The normalized spacial score (nSPS) is 10.9. The fourth-order valence-electron chi connectivity index (χ4n) is 0.791. The van der Waals surface area contributed by atoms with E-state index >= 15 is 0 Å². The minimum Gasteiger partial charge on any atom is -0.478 e. The van der Waals surface area contributed by atoms with Gasteiger partial charge in [-0.25, -0.2) is 4.79 Å². The van der Waals surface area contributed by atoms with Crippen LogP contribution in [0.25, 0.3) is 0 Å². The lowest BCUT2D eigenvalue weighted by molar-refractivity contribution is -0.137. The Balaban J connectivity index is 3.85. The summed E-state index contributed by atoms with van der Waals surface area (Å²) in [6, 6.07) is 0.